The molecule has 1 aliphatic rings. The molecule has 2 N–H and O–H groups in total. The third-order valence-corrected chi connectivity index (χ3v) is 3.64. The fourth-order valence-electron chi connectivity index (χ4n) is 2.52. The molecule has 1 aliphatic carbocycles. The van der Waals surface area contributed by atoms with Gasteiger partial charge in [-0.2, -0.15) is 0 Å². The van der Waals surface area contributed by atoms with E-state index in [4.69, 9.17) is 9.47 Å². The quantitative estimate of drug-likeness (QED) is 0.821. The minimum atomic E-state index is -0.445. The summed E-state index contributed by atoms with van der Waals surface area (Å²) in [4.78, 5) is 0. The van der Waals surface area contributed by atoms with Crippen LogP contribution in [0.25, 0.3) is 0 Å². The van der Waals surface area contributed by atoms with Gasteiger partial charge in [0.15, 0.2) is 11.5 Å². The van der Waals surface area contributed by atoms with Crippen LogP contribution in [0, 0.1) is 0 Å². The van der Waals surface area contributed by atoms with E-state index >= 15 is 0 Å². The fourth-order valence-corrected chi connectivity index (χ4v) is 2.52. The summed E-state index contributed by atoms with van der Waals surface area (Å²) in [5, 5.41) is 19.5. The van der Waals surface area contributed by atoms with Crippen molar-refractivity contribution in [1.29, 1.82) is 0 Å². The molecule has 0 heterocycles. The molecule has 106 valence electrons. The third-order valence-electron chi connectivity index (χ3n) is 3.64. The molecule has 0 amide bonds. The Kier molecular flexibility index (Phi) is 5.05. The number of aliphatic hydroxyl groups is 2. The normalized spacial score (nSPS) is 23.7. The molecule has 2 unspecified atom stereocenters. The summed E-state index contributed by atoms with van der Waals surface area (Å²) in [7, 11) is 1.58. The first-order chi connectivity index (χ1) is 9.26. The Morgan fingerprint density at radius 1 is 1.21 bits per heavy atom. The lowest BCUT2D eigenvalue weighted by atomic mass is 10.1. The molecule has 0 bridgehead atoms. The molecule has 0 aliphatic heterocycles. The van der Waals surface area contributed by atoms with E-state index in [1.807, 2.05) is 6.07 Å². The van der Waals surface area contributed by atoms with Crippen molar-refractivity contribution in [2.24, 2.45) is 0 Å². The largest absolute Gasteiger partial charge is 0.493 e. The maximum absolute atomic E-state index is 10.1. The summed E-state index contributed by atoms with van der Waals surface area (Å²) < 4.78 is 11.2. The van der Waals surface area contributed by atoms with E-state index in [9.17, 15) is 10.2 Å². The van der Waals surface area contributed by atoms with Crippen LogP contribution < -0.4 is 9.47 Å². The molecule has 4 heteroatoms. The van der Waals surface area contributed by atoms with Crippen molar-refractivity contribution in [3.63, 3.8) is 0 Å². The first-order valence-corrected chi connectivity index (χ1v) is 6.87. The van der Waals surface area contributed by atoms with Crippen LogP contribution in [0.3, 0.4) is 0 Å². The smallest absolute Gasteiger partial charge is 0.167 e. The number of hydrogen-bond acceptors (Lipinski definition) is 4. The minimum Gasteiger partial charge on any atom is -0.493 e. The zero-order chi connectivity index (χ0) is 13.7. The number of methoxy groups -OCH3 is 1. The lowest BCUT2D eigenvalue weighted by molar-refractivity contribution is 0.0292. The van der Waals surface area contributed by atoms with Crippen LogP contribution in [0.15, 0.2) is 18.2 Å². The topological polar surface area (TPSA) is 58.9 Å². The van der Waals surface area contributed by atoms with Gasteiger partial charge in [-0.05, 0) is 25.3 Å². The molecular formula is C15H22O4. The van der Waals surface area contributed by atoms with Crippen molar-refractivity contribution >= 4 is 0 Å². The van der Waals surface area contributed by atoms with Crippen LogP contribution >= 0.6 is 0 Å². The number of hydrogen-bond donors (Lipinski definition) is 2. The molecule has 0 saturated heterocycles. The molecular weight excluding hydrogens is 244 g/mol. The predicted octanol–water partition coefficient (Wildman–Crippen LogP) is 2.26. The highest BCUT2D eigenvalue weighted by atomic mass is 16.5. The van der Waals surface area contributed by atoms with Gasteiger partial charge in [0, 0.05) is 5.56 Å². The highest BCUT2D eigenvalue weighted by Crippen LogP contribution is 2.34. The number of benzene rings is 1. The second-order valence-electron chi connectivity index (χ2n) is 4.97. The van der Waals surface area contributed by atoms with Gasteiger partial charge in [0.25, 0.3) is 0 Å². The van der Waals surface area contributed by atoms with E-state index in [1.54, 1.807) is 19.2 Å². The molecule has 1 fully saturated rings. The van der Waals surface area contributed by atoms with Crippen LogP contribution in [0.2, 0.25) is 0 Å². The molecule has 2 atom stereocenters. The fraction of sp³-hybridized carbons (Fsp3) is 0.600. The van der Waals surface area contributed by atoms with Gasteiger partial charge in [0.05, 0.1) is 19.8 Å². The molecule has 0 aromatic heterocycles. The Hall–Kier alpha value is -1.26. The lowest BCUT2D eigenvalue weighted by Crippen LogP contribution is -2.31. The molecule has 19 heavy (non-hydrogen) atoms. The molecule has 0 radical (unpaired) electrons. The Bertz CT molecular complexity index is 383. The van der Waals surface area contributed by atoms with E-state index in [2.05, 4.69) is 0 Å². The SMILES string of the molecule is COc1cccc(CO)c1OC1CCCCCC1O. The van der Waals surface area contributed by atoms with Gasteiger partial charge in [0.2, 0.25) is 0 Å². The van der Waals surface area contributed by atoms with Crippen LogP contribution in [-0.2, 0) is 6.61 Å². The molecule has 2 rings (SSSR count). The van der Waals surface area contributed by atoms with E-state index in [0.29, 0.717) is 17.1 Å². The number of rotatable bonds is 4. The van der Waals surface area contributed by atoms with Crippen molar-refractivity contribution in [2.45, 2.75) is 50.9 Å². The molecule has 1 aromatic carbocycles. The monoisotopic (exact) mass is 266 g/mol. The van der Waals surface area contributed by atoms with Gasteiger partial charge >= 0.3 is 0 Å². The number of para-hydroxylation sites is 1. The standard InChI is InChI=1S/C15H22O4/c1-18-14-9-5-6-11(10-16)15(14)19-13-8-4-2-3-7-12(13)17/h5-6,9,12-13,16-17H,2-4,7-8,10H2,1H3. The Balaban J connectivity index is 2.20. The first-order valence-electron chi connectivity index (χ1n) is 6.87. The maximum Gasteiger partial charge on any atom is 0.167 e. The van der Waals surface area contributed by atoms with Gasteiger partial charge in [-0.1, -0.05) is 25.0 Å². The zero-order valence-electron chi connectivity index (χ0n) is 11.3. The van der Waals surface area contributed by atoms with E-state index < -0.39 is 6.10 Å². The summed E-state index contributed by atoms with van der Waals surface area (Å²) in [5.74, 6) is 1.15. The third kappa shape index (κ3) is 3.39. The Morgan fingerprint density at radius 2 is 2.00 bits per heavy atom. The average molecular weight is 266 g/mol. The molecule has 1 saturated carbocycles. The van der Waals surface area contributed by atoms with E-state index in [1.165, 1.54) is 0 Å². The Morgan fingerprint density at radius 3 is 2.74 bits per heavy atom. The summed E-state index contributed by atoms with van der Waals surface area (Å²) in [6, 6.07) is 5.43. The van der Waals surface area contributed by atoms with Gasteiger partial charge in [0.1, 0.15) is 6.10 Å². The van der Waals surface area contributed by atoms with Crippen LogP contribution in [0.5, 0.6) is 11.5 Å². The van der Waals surface area contributed by atoms with Crippen LogP contribution in [0.1, 0.15) is 37.7 Å². The van der Waals surface area contributed by atoms with Gasteiger partial charge in [-0.3, -0.25) is 0 Å². The van der Waals surface area contributed by atoms with Crippen LogP contribution in [0.4, 0.5) is 0 Å². The predicted molar refractivity (Wildman–Crippen MR) is 72.4 cm³/mol. The molecule has 4 nitrogen and oxygen atoms in total. The van der Waals surface area contributed by atoms with Crippen LogP contribution in [-0.4, -0.2) is 29.5 Å². The van der Waals surface area contributed by atoms with Crippen molar-refractivity contribution in [1.82, 2.24) is 0 Å². The Labute approximate surface area is 114 Å². The minimum absolute atomic E-state index is 0.102. The molecule has 1 aromatic rings. The van der Waals surface area contributed by atoms with Crippen molar-refractivity contribution in [2.75, 3.05) is 7.11 Å². The van der Waals surface area contributed by atoms with Gasteiger partial charge in [-0.15, -0.1) is 0 Å². The highest BCUT2D eigenvalue weighted by Gasteiger charge is 2.25. The summed E-state index contributed by atoms with van der Waals surface area (Å²) >= 11 is 0. The highest BCUT2D eigenvalue weighted by molar-refractivity contribution is 5.46. The summed E-state index contributed by atoms with van der Waals surface area (Å²) in [5.41, 5.74) is 0.691. The maximum atomic E-state index is 10.1. The second-order valence-corrected chi connectivity index (χ2v) is 4.97. The summed E-state index contributed by atoms with van der Waals surface area (Å²) in [6.07, 6.45) is 4.18. The average Bonchev–Trinajstić information content (AvgIpc) is 2.64. The second kappa shape index (κ2) is 6.78. The van der Waals surface area contributed by atoms with Crippen molar-refractivity contribution in [3.8, 4) is 11.5 Å². The lowest BCUT2D eigenvalue weighted by Gasteiger charge is -2.24. The zero-order valence-corrected chi connectivity index (χ0v) is 11.3. The summed E-state index contributed by atoms with van der Waals surface area (Å²) in [6.45, 7) is -0.102. The van der Waals surface area contributed by atoms with E-state index in [0.717, 1.165) is 32.1 Å². The number of aliphatic hydroxyl groups excluding tert-OH is 2. The van der Waals surface area contributed by atoms with Crippen molar-refractivity contribution in [3.05, 3.63) is 23.8 Å². The molecule has 0 spiro atoms. The van der Waals surface area contributed by atoms with Gasteiger partial charge in [-0.25, -0.2) is 0 Å². The first kappa shape index (κ1) is 14.2. The van der Waals surface area contributed by atoms with Crippen molar-refractivity contribution < 1.29 is 19.7 Å². The van der Waals surface area contributed by atoms with E-state index in [-0.39, 0.29) is 12.7 Å². The van der Waals surface area contributed by atoms with Gasteiger partial charge < -0.3 is 19.7 Å². The number of ether oxygens (including phenoxy) is 2.